The molecule has 0 fully saturated rings. The highest BCUT2D eigenvalue weighted by Gasteiger charge is 2.08. The number of aromatic nitrogens is 3. The van der Waals surface area contributed by atoms with Gasteiger partial charge in [0.25, 0.3) is 11.8 Å². The molecular formula is C18H17FN6O2S. The van der Waals surface area contributed by atoms with Gasteiger partial charge in [0.15, 0.2) is 0 Å². The van der Waals surface area contributed by atoms with Crippen molar-refractivity contribution in [2.24, 2.45) is 0 Å². The number of carbonyl (C=O) groups excluding carboxylic acids is 2. The van der Waals surface area contributed by atoms with Crippen LogP contribution in [0.1, 0.15) is 27.1 Å². The molecule has 2 aromatic heterocycles. The van der Waals surface area contributed by atoms with E-state index in [1.807, 2.05) is 0 Å². The standard InChI is InChI=1S/C18H17FN6O2S/c19-14-5-2-12(3-6-14)16(26)21-9-1-8-20-15-7-4-13(10-22-15)17(27)24-18-25-23-11-28-18/h2-7,10-11H,1,8-9H2,(H,20,22)(H,21,26)(H,24,25,27). The van der Waals surface area contributed by atoms with Gasteiger partial charge in [-0.2, -0.15) is 0 Å². The average Bonchev–Trinajstić information content (AvgIpc) is 3.21. The fraction of sp³-hybridized carbons (Fsp3) is 0.167. The molecule has 8 nitrogen and oxygen atoms in total. The van der Waals surface area contributed by atoms with Crippen molar-refractivity contribution in [2.75, 3.05) is 23.7 Å². The van der Waals surface area contributed by atoms with Gasteiger partial charge >= 0.3 is 0 Å². The molecule has 0 aliphatic heterocycles. The molecule has 3 aromatic rings. The lowest BCUT2D eigenvalue weighted by atomic mass is 10.2. The minimum Gasteiger partial charge on any atom is -0.370 e. The Bertz CT molecular complexity index is 916. The van der Waals surface area contributed by atoms with Crippen molar-refractivity contribution >= 4 is 34.1 Å². The Morgan fingerprint density at radius 1 is 1.00 bits per heavy atom. The summed E-state index contributed by atoms with van der Waals surface area (Å²) in [5.41, 5.74) is 2.36. The van der Waals surface area contributed by atoms with Gasteiger partial charge in [-0.3, -0.25) is 14.9 Å². The molecule has 0 saturated heterocycles. The van der Waals surface area contributed by atoms with Crippen LogP contribution in [-0.2, 0) is 0 Å². The second-order valence-corrected chi connectivity index (χ2v) is 6.51. The summed E-state index contributed by atoms with van der Waals surface area (Å²) in [7, 11) is 0. The van der Waals surface area contributed by atoms with E-state index in [9.17, 15) is 14.0 Å². The van der Waals surface area contributed by atoms with Crippen molar-refractivity contribution < 1.29 is 14.0 Å². The molecule has 0 aliphatic rings. The zero-order valence-corrected chi connectivity index (χ0v) is 15.5. The van der Waals surface area contributed by atoms with Crippen molar-refractivity contribution in [2.45, 2.75) is 6.42 Å². The average molecular weight is 400 g/mol. The lowest BCUT2D eigenvalue weighted by Crippen LogP contribution is -2.25. The van der Waals surface area contributed by atoms with Gasteiger partial charge in [-0.25, -0.2) is 9.37 Å². The lowest BCUT2D eigenvalue weighted by Gasteiger charge is -2.08. The molecule has 3 N–H and O–H groups in total. The van der Waals surface area contributed by atoms with E-state index in [-0.39, 0.29) is 17.6 Å². The summed E-state index contributed by atoms with van der Waals surface area (Å²) in [6.45, 7) is 1.05. The first-order valence-corrected chi connectivity index (χ1v) is 9.31. The summed E-state index contributed by atoms with van der Waals surface area (Å²) in [5, 5.41) is 16.3. The summed E-state index contributed by atoms with van der Waals surface area (Å²) in [4.78, 5) is 28.1. The van der Waals surface area contributed by atoms with Crippen LogP contribution in [-0.4, -0.2) is 40.1 Å². The Hall–Kier alpha value is -3.40. The molecule has 0 aliphatic carbocycles. The number of hydrogen-bond donors (Lipinski definition) is 3. The van der Waals surface area contributed by atoms with Gasteiger partial charge in [0, 0.05) is 24.8 Å². The third-order valence-electron chi connectivity index (χ3n) is 3.66. The summed E-state index contributed by atoms with van der Waals surface area (Å²) in [5.74, 6) is -0.308. The number of hydrogen-bond acceptors (Lipinski definition) is 7. The molecule has 28 heavy (non-hydrogen) atoms. The predicted molar refractivity (Wildman–Crippen MR) is 104 cm³/mol. The maximum Gasteiger partial charge on any atom is 0.259 e. The van der Waals surface area contributed by atoms with Gasteiger partial charge in [-0.05, 0) is 42.8 Å². The van der Waals surface area contributed by atoms with E-state index in [0.29, 0.717) is 41.6 Å². The highest BCUT2D eigenvalue weighted by Crippen LogP contribution is 2.11. The molecule has 1 aromatic carbocycles. The van der Waals surface area contributed by atoms with Gasteiger partial charge in [0.05, 0.1) is 5.56 Å². The van der Waals surface area contributed by atoms with E-state index >= 15 is 0 Å². The molecule has 0 bridgehead atoms. The van der Waals surface area contributed by atoms with Crippen LogP contribution in [0.15, 0.2) is 48.1 Å². The van der Waals surface area contributed by atoms with Crippen molar-refractivity contribution in [3.63, 3.8) is 0 Å². The van der Waals surface area contributed by atoms with Crippen LogP contribution in [0.3, 0.4) is 0 Å². The third-order valence-corrected chi connectivity index (χ3v) is 4.26. The molecule has 3 rings (SSSR count). The van der Waals surface area contributed by atoms with Crippen LogP contribution >= 0.6 is 11.3 Å². The molecule has 0 spiro atoms. The van der Waals surface area contributed by atoms with E-state index < -0.39 is 0 Å². The summed E-state index contributed by atoms with van der Waals surface area (Å²) in [6, 6.07) is 8.74. The molecule has 0 saturated carbocycles. The van der Waals surface area contributed by atoms with Gasteiger partial charge in [-0.1, -0.05) is 11.3 Å². The number of pyridine rings is 1. The predicted octanol–water partition coefficient (Wildman–Crippen LogP) is 2.56. The van der Waals surface area contributed by atoms with Crippen LogP contribution in [0.4, 0.5) is 15.3 Å². The first kappa shape index (κ1) is 19.4. The highest BCUT2D eigenvalue weighted by molar-refractivity contribution is 7.13. The smallest absolute Gasteiger partial charge is 0.259 e. The SMILES string of the molecule is O=C(NCCCNc1ccc(C(=O)Nc2nncs2)cn1)c1ccc(F)cc1. The first-order chi connectivity index (χ1) is 13.6. The Balaban J connectivity index is 1.37. The second-order valence-electron chi connectivity index (χ2n) is 5.67. The van der Waals surface area contributed by atoms with E-state index in [0.717, 1.165) is 0 Å². The zero-order chi connectivity index (χ0) is 19.8. The number of amides is 2. The normalized spacial score (nSPS) is 10.3. The fourth-order valence-electron chi connectivity index (χ4n) is 2.24. The van der Waals surface area contributed by atoms with Gasteiger partial charge in [0.1, 0.15) is 17.1 Å². The Kier molecular flexibility index (Phi) is 6.58. The Morgan fingerprint density at radius 3 is 2.46 bits per heavy atom. The van der Waals surface area contributed by atoms with Crippen molar-refractivity contribution in [1.82, 2.24) is 20.5 Å². The van der Waals surface area contributed by atoms with E-state index in [1.54, 1.807) is 12.1 Å². The summed E-state index contributed by atoms with van der Waals surface area (Å²) in [6.07, 6.45) is 2.14. The van der Waals surface area contributed by atoms with Crippen LogP contribution in [0.5, 0.6) is 0 Å². The van der Waals surface area contributed by atoms with Crippen molar-refractivity contribution in [3.8, 4) is 0 Å². The molecule has 2 heterocycles. The van der Waals surface area contributed by atoms with E-state index in [2.05, 4.69) is 31.1 Å². The van der Waals surface area contributed by atoms with Gasteiger partial charge in [0.2, 0.25) is 5.13 Å². The largest absolute Gasteiger partial charge is 0.370 e. The number of rotatable bonds is 8. The highest BCUT2D eigenvalue weighted by atomic mass is 32.1. The van der Waals surface area contributed by atoms with Crippen molar-refractivity contribution in [3.05, 3.63) is 65.0 Å². The molecule has 144 valence electrons. The molecule has 0 radical (unpaired) electrons. The van der Waals surface area contributed by atoms with Crippen molar-refractivity contribution in [1.29, 1.82) is 0 Å². The fourth-order valence-corrected chi connectivity index (χ4v) is 2.68. The molecule has 10 heteroatoms. The van der Waals surface area contributed by atoms with Crippen LogP contribution in [0, 0.1) is 5.82 Å². The number of benzene rings is 1. The summed E-state index contributed by atoms with van der Waals surface area (Å²) < 4.78 is 12.8. The Morgan fingerprint density at radius 2 is 1.79 bits per heavy atom. The molecule has 2 amide bonds. The monoisotopic (exact) mass is 400 g/mol. The lowest BCUT2D eigenvalue weighted by molar-refractivity contribution is 0.0952. The number of nitrogens with one attached hydrogen (secondary N) is 3. The molecule has 0 atom stereocenters. The van der Waals surface area contributed by atoms with E-state index in [4.69, 9.17) is 0 Å². The van der Waals surface area contributed by atoms with Gasteiger partial charge in [-0.15, -0.1) is 10.2 Å². The topological polar surface area (TPSA) is 109 Å². The molecule has 0 unspecified atom stereocenters. The zero-order valence-electron chi connectivity index (χ0n) is 14.7. The second kappa shape index (κ2) is 9.51. The van der Waals surface area contributed by atoms with Gasteiger partial charge < -0.3 is 10.6 Å². The third kappa shape index (κ3) is 5.55. The Labute approximate surface area is 164 Å². The quantitative estimate of drug-likeness (QED) is 0.502. The van der Waals surface area contributed by atoms with Crippen LogP contribution in [0.2, 0.25) is 0 Å². The number of carbonyl (C=O) groups is 2. The number of anilines is 2. The van der Waals surface area contributed by atoms with Crippen LogP contribution in [0.25, 0.3) is 0 Å². The minimum absolute atomic E-state index is 0.246. The van der Waals surface area contributed by atoms with Crippen LogP contribution < -0.4 is 16.0 Å². The first-order valence-electron chi connectivity index (χ1n) is 8.43. The molecular weight excluding hydrogens is 383 g/mol. The minimum atomic E-state index is -0.378. The number of halogens is 1. The maximum atomic E-state index is 12.8. The number of nitrogens with zero attached hydrogens (tertiary/aromatic N) is 3. The maximum absolute atomic E-state index is 12.8. The summed E-state index contributed by atoms with van der Waals surface area (Å²) >= 11 is 1.23. The van der Waals surface area contributed by atoms with E-state index in [1.165, 1.54) is 47.3 Å².